The highest BCUT2D eigenvalue weighted by Crippen LogP contribution is 2.37. The quantitative estimate of drug-likeness (QED) is 0.582. The maximum atomic E-state index is 12.8. The number of aromatic nitrogens is 3. The Bertz CT molecular complexity index is 985. The van der Waals surface area contributed by atoms with Gasteiger partial charge in [0.15, 0.2) is 5.69 Å². The van der Waals surface area contributed by atoms with Gasteiger partial charge in [0.2, 0.25) is 0 Å². The normalized spacial score (nSPS) is 23.4. The van der Waals surface area contributed by atoms with Crippen LogP contribution >= 0.6 is 11.3 Å². The van der Waals surface area contributed by atoms with Crippen molar-refractivity contribution in [1.29, 1.82) is 0 Å². The van der Waals surface area contributed by atoms with Crippen LogP contribution in [0, 0.1) is 5.92 Å². The number of H-pyrrole nitrogens is 1. The molecule has 0 spiro atoms. The van der Waals surface area contributed by atoms with E-state index in [9.17, 15) is 4.79 Å². The van der Waals surface area contributed by atoms with E-state index in [1.807, 2.05) is 23.6 Å². The number of fused-ring (bicyclic) bond motifs is 3. The summed E-state index contributed by atoms with van der Waals surface area (Å²) in [6.45, 7) is 0.825. The maximum Gasteiger partial charge on any atom is 0.290 e. The van der Waals surface area contributed by atoms with Crippen LogP contribution in [0.5, 0.6) is 0 Å². The van der Waals surface area contributed by atoms with Gasteiger partial charge in [0.25, 0.3) is 12.4 Å². The molecule has 3 unspecified atom stereocenters. The summed E-state index contributed by atoms with van der Waals surface area (Å²) in [6.07, 6.45) is 4.02. The number of hydrogen-bond donors (Lipinski definition) is 3. The lowest BCUT2D eigenvalue weighted by Gasteiger charge is -2.28. The molecule has 1 aliphatic heterocycles. The second kappa shape index (κ2) is 7.69. The molecule has 0 radical (unpaired) electrons. The lowest BCUT2D eigenvalue weighted by Crippen LogP contribution is -2.44. The number of nitrogens with zero attached hydrogens (tertiary/aromatic N) is 3. The van der Waals surface area contributed by atoms with Gasteiger partial charge in [-0.1, -0.05) is 0 Å². The van der Waals surface area contributed by atoms with E-state index in [2.05, 4.69) is 32.4 Å². The highest BCUT2D eigenvalue weighted by Gasteiger charge is 2.43. The summed E-state index contributed by atoms with van der Waals surface area (Å²) in [7, 11) is 2.17. The first-order valence-corrected chi connectivity index (χ1v) is 9.95. The van der Waals surface area contributed by atoms with Crippen molar-refractivity contribution in [3.05, 3.63) is 35.5 Å². The third-order valence-electron chi connectivity index (χ3n) is 5.59. The zero-order valence-corrected chi connectivity index (χ0v) is 16.1. The Morgan fingerprint density at radius 1 is 1.43 bits per heavy atom. The van der Waals surface area contributed by atoms with Gasteiger partial charge in [-0.15, -0.1) is 11.3 Å². The van der Waals surface area contributed by atoms with E-state index in [0.717, 1.165) is 34.4 Å². The molecule has 9 heteroatoms. The minimum absolute atomic E-state index is 0.0808. The fourth-order valence-electron chi connectivity index (χ4n) is 4.28. The van der Waals surface area contributed by atoms with Crippen molar-refractivity contribution in [3.8, 4) is 10.6 Å². The molecule has 1 saturated heterocycles. The Labute approximate surface area is 165 Å². The summed E-state index contributed by atoms with van der Waals surface area (Å²) in [6, 6.07) is 6.85. The molecule has 3 N–H and O–H groups in total. The van der Waals surface area contributed by atoms with Crippen molar-refractivity contribution >= 4 is 34.6 Å². The molecule has 28 heavy (non-hydrogen) atoms. The van der Waals surface area contributed by atoms with Crippen LogP contribution < -0.4 is 5.32 Å². The van der Waals surface area contributed by atoms with Gasteiger partial charge in [0.1, 0.15) is 5.01 Å². The molecule has 1 amide bonds. The second-order valence-corrected chi connectivity index (χ2v) is 8.07. The highest BCUT2D eigenvalue weighted by molar-refractivity contribution is 7.13. The molecule has 1 aromatic carbocycles. The first-order valence-electron chi connectivity index (χ1n) is 9.07. The molecule has 1 saturated carbocycles. The van der Waals surface area contributed by atoms with Crippen molar-refractivity contribution in [2.45, 2.75) is 24.9 Å². The van der Waals surface area contributed by atoms with Crippen molar-refractivity contribution in [2.75, 3.05) is 13.6 Å². The van der Waals surface area contributed by atoms with Crippen LogP contribution in [-0.2, 0) is 4.79 Å². The van der Waals surface area contributed by atoms with E-state index >= 15 is 0 Å². The van der Waals surface area contributed by atoms with Gasteiger partial charge in [-0.25, -0.2) is 4.98 Å². The average Bonchev–Trinajstić information content (AvgIpc) is 3.45. The number of amides is 1. The molecule has 2 aliphatic rings. The number of thiazole rings is 1. The third-order valence-corrected chi connectivity index (χ3v) is 6.41. The number of nitrogens with one attached hydrogen (secondary N) is 2. The zero-order chi connectivity index (χ0) is 19.7. The molecule has 3 atom stereocenters. The van der Waals surface area contributed by atoms with Gasteiger partial charge in [-0.2, -0.15) is 5.10 Å². The monoisotopic (exact) mass is 399 g/mol. The van der Waals surface area contributed by atoms with E-state index in [4.69, 9.17) is 9.90 Å². The standard InChI is InChI=1S/C18H19N5OS.CH2O2/c1-23-9-11-6-12(23)8-15(11)20-17(24)16-13-7-10(18-19-4-5-25-18)2-3-14(13)21-22-16;2-1-3/h2-5,7,11-12,15H,6,8-9H2,1H3,(H,20,24)(H,21,22);1H,(H,2,3). The van der Waals surface area contributed by atoms with E-state index in [1.54, 1.807) is 17.5 Å². The lowest BCUT2D eigenvalue weighted by molar-refractivity contribution is -0.122. The molecule has 5 rings (SSSR count). The first kappa shape index (κ1) is 18.6. The van der Waals surface area contributed by atoms with Gasteiger partial charge < -0.3 is 15.3 Å². The van der Waals surface area contributed by atoms with E-state index in [-0.39, 0.29) is 18.4 Å². The largest absolute Gasteiger partial charge is 0.483 e. The van der Waals surface area contributed by atoms with Crippen molar-refractivity contribution in [3.63, 3.8) is 0 Å². The number of carbonyl (C=O) groups excluding carboxylic acids is 1. The minimum Gasteiger partial charge on any atom is -0.483 e. The van der Waals surface area contributed by atoms with Crippen LogP contribution in [0.15, 0.2) is 29.8 Å². The predicted molar refractivity (Wildman–Crippen MR) is 106 cm³/mol. The maximum absolute atomic E-state index is 12.8. The molecule has 8 nitrogen and oxygen atoms in total. The molecular formula is C19H21N5O3S. The molecule has 3 aromatic rings. The summed E-state index contributed by atoms with van der Waals surface area (Å²) < 4.78 is 0. The Morgan fingerprint density at radius 3 is 2.89 bits per heavy atom. The number of hydrogen-bond acceptors (Lipinski definition) is 6. The Hall–Kier alpha value is -2.78. The van der Waals surface area contributed by atoms with E-state index in [1.165, 1.54) is 6.42 Å². The molecule has 2 aromatic heterocycles. The molecule has 2 bridgehead atoms. The number of rotatable bonds is 3. The number of aromatic amines is 1. The Morgan fingerprint density at radius 2 is 2.25 bits per heavy atom. The SMILES string of the molecule is CN1CC2CC1CC2NC(=O)c1n[nH]c2ccc(-c3nccs3)cc12.O=CO. The molecule has 1 aliphatic carbocycles. The Kier molecular flexibility index (Phi) is 5.10. The van der Waals surface area contributed by atoms with Gasteiger partial charge in [0, 0.05) is 41.2 Å². The van der Waals surface area contributed by atoms with Gasteiger partial charge in [-0.05, 0) is 44.0 Å². The Balaban J connectivity index is 0.000000604. The van der Waals surface area contributed by atoms with Gasteiger partial charge in [0.05, 0.1) is 5.52 Å². The van der Waals surface area contributed by atoms with Crippen molar-refractivity contribution < 1.29 is 14.7 Å². The van der Waals surface area contributed by atoms with Crippen molar-refractivity contribution in [2.24, 2.45) is 5.92 Å². The van der Waals surface area contributed by atoms with Crippen LogP contribution in [0.4, 0.5) is 0 Å². The summed E-state index contributed by atoms with van der Waals surface area (Å²) in [5.41, 5.74) is 2.36. The number of carbonyl (C=O) groups is 2. The van der Waals surface area contributed by atoms with Crippen LogP contribution in [0.1, 0.15) is 23.3 Å². The fourth-order valence-corrected chi connectivity index (χ4v) is 4.91. The van der Waals surface area contributed by atoms with Crippen LogP contribution in [0.2, 0.25) is 0 Å². The summed E-state index contributed by atoms with van der Waals surface area (Å²) >= 11 is 1.59. The third kappa shape index (κ3) is 3.38. The number of carboxylic acid groups (broad SMARTS) is 1. The van der Waals surface area contributed by atoms with E-state index in [0.29, 0.717) is 17.7 Å². The van der Waals surface area contributed by atoms with Crippen LogP contribution in [0.25, 0.3) is 21.5 Å². The molecule has 146 valence electrons. The number of likely N-dealkylation sites (tertiary alicyclic amines) is 1. The fraction of sp³-hybridized carbons (Fsp3) is 0.368. The smallest absolute Gasteiger partial charge is 0.290 e. The average molecular weight is 399 g/mol. The number of benzene rings is 1. The topological polar surface area (TPSA) is 111 Å². The van der Waals surface area contributed by atoms with Gasteiger partial charge in [-0.3, -0.25) is 14.7 Å². The number of piperidine rings is 1. The van der Waals surface area contributed by atoms with Crippen LogP contribution in [-0.4, -0.2) is 63.2 Å². The highest BCUT2D eigenvalue weighted by atomic mass is 32.1. The van der Waals surface area contributed by atoms with Crippen molar-refractivity contribution in [1.82, 2.24) is 25.4 Å². The van der Waals surface area contributed by atoms with E-state index < -0.39 is 0 Å². The zero-order valence-electron chi connectivity index (χ0n) is 15.3. The predicted octanol–water partition coefficient (Wildman–Crippen LogP) is 2.21. The summed E-state index contributed by atoms with van der Waals surface area (Å²) in [4.78, 5) is 27.9. The first-order chi connectivity index (χ1) is 13.6. The minimum atomic E-state index is -0.250. The summed E-state index contributed by atoms with van der Waals surface area (Å²) in [5.74, 6) is 0.484. The second-order valence-electron chi connectivity index (χ2n) is 7.18. The lowest BCUT2D eigenvalue weighted by atomic mass is 10.0. The van der Waals surface area contributed by atoms with Gasteiger partial charge >= 0.3 is 0 Å². The molecule has 3 heterocycles. The molecular weight excluding hydrogens is 378 g/mol. The van der Waals surface area contributed by atoms with Crippen LogP contribution in [0.3, 0.4) is 0 Å². The molecule has 2 fully saturated rings. The summed E-state index contributed by atoms with van der Waals surface area (Å²) in [5, 5.41) is 21.1.